The predicted octanol–water partition coefficient (Wildman–Crippen LogP) is 3.73. The lowest BCUT2D eigenvalue weighted by molar-refractivity contribution is -0.146. The Morgan fingerprint density at radius 1 is 1.15 bits per heavy atom. The minimum atomic E-state index is -2.50. The molecule has 0 unspecified atom stereocenters. The Bertz CT molecular complexity index is 753. The predicted molar refractivity (Wildman–Crippen MR) is 94.6 cm³/mol. The number of carbonyl (C=O) groups excluding carboxylic acids is 2. The summed E-state index contributed by atoms with van der Waals surface area (Å²) < 4.78 is 34.5. The lowest BCUT2D eigenvalue weighted by atomic mass is 10.1. The first-order chi connectivity index (χ1) is 12.5. The molecule has 0 aromatic heterocycles. The summed E-state index contributed by atoms with van der Waals surface area (Å²) in [6.45, 7) is -0.434. The molecule has 5 nitrogen and oxygen atoms in total. The monoisotopic (exact) mass is 381 g/mol. The number of thioether (sulfide) groups is 1. The molecule has 138 valence electrons. The van der Waals surface area contributed by atoms with Gasteiger partial charge in [-0.25, -0.2) is 0 Å². The van der Waals surface area contributed by atoms with Crippen LogP contribution >= 0.6 is 11.8 Å². The molecule has 0 radical (unpaired) electrons. The van der Waals surface area contributed by atoms with Crippen LogP contribution in [0.3, 0.4) is 0 Å². The summed E-state index contributed by atoms with van der Waals surface area (Å²) in [4.78, 5) is 24.0. The highest BCUT2D eigenvalue weighted by molar-refractivity contribution is 7.99. The highest BCUT2D eigenvalue weighted by Crippen LogP contribution is 2.26. The maximum absolute atomic E-state index is 12.2. The Labute approximate surface area is 153 Å². The van der Waals surface area contributed by atoms with E-state index in [0.29, 0.717) is 33.7 Å². The van der Waals surface area contributed by atoms with Crippen molar-refractivity contribution in [1.29, 1.82) is 0 Å². The molecule has 1 amide bonds. The van der Waals surface area contributed by atoms with Crippen LogP contribution < -0.4 is 10.1 Å². The van der Waals surface area contributed by atoms with Gasteiger partial charge in [0.05, 0.1) is 13.5 Å². The van der Waals surface area contributed by atoms with Gasteiger partial charge in [0, 0.05) is 10.6 Å². The molecule has 0 bridgehead atoms. The summed E-state index contributed by atoms with van der Waals surface area (Å²) in [7, 11) is 1.53. The van der Waals surface area contributed by atoms with Crippen LogP contribution in [-0.4, -0.2) is 31.4 Å². The van der Waals surface area contributed by atoms with Gasteiger partial charge in [-0.2, -0.15) is 8.78 Å². The van der Waals surface area contributed by atoms with E-state index >= 15 is 0 Å². The minimum absolute atomic E-state index is 0.0179. The van der Waals surface area contributed by atoms with Crippen molar-refractivity contribution >= 4 is 29.3 Å². The molecule has 26 heavy (non-hydrogen) atoms. The van der Waals surface area contributed by atoms with Crippen molar-refractivity contribution in [3.63, 3.8) is 0 Å². The van der Waals surface area contributed by atoms with Crippen LogP contribution in [0.15, 0.2) is 53.4 Å². The smallest absolute Gasteiger partial charge is 0.310 e. The topological polar surface area (TPSA) is 64.6 Å². The number of amides is 1. The van der Waals surface area contributed by atoms with Crippen molar-refractivity contribution in [3.05, 3.63) is 54.1 Å². The third kappa shape index (κ3) is 6.72. The van der Waals surface area contributed by atoms with Crippen molar-refractivity contribution in [1.82, 2.24) is 0 Å². The van der Waals surface area contributed by atoms with Gasteiger partial charge in [-0.3, -0.25) is 9.59 Å². The zero-order valence-electron chi connectivity index (χ0n) is 13.9. The number of carbonyl (C=O) groups is 2. The quantitative estimate of drug-likeness (QED) is 0.558. The number of methoxy groups -OCH3 is 1. The SMILES string of the molecule is COc1cccc(CC(=O)OCC(=O)Nc2ccc(SC(F)F)cc2)c1. The first kappa shape index (κ1) is 19.7. The second kappa shape index (κ2) is 9.76. The number of rotatable bonds is 8. The Morgan fingerprint density at radius 2 is 1.88 bits per heavy atom. The molecule has 0 saturated carbocycles. The fraction of sp³-hybridized carbons (Fsp3) is 0.222. The maximum atomic E-state index is 12.2. The molecule has 0 atom stereocenters. The van der Waals surface area contributed by atoms with E-state index in [1.54, 1.807) is 24.3 Å². The van der Waals surface area contributed by atoms with Crippen LogP contribution in [0.1, 0.15) is 5.56 Å². The van der Waals surface area contributed by atoms with Crippen molar-refractivity contribution in [2.45, 2.75) is 17.1 Å². The molecule has 2 rings (SSSR count). The summed E-state index contributed by atoms with van der Waals surface area (Å²) in [6, 6.07) is 12.9. The van der Waals surface area contributed by atoms with E-state index < -0.39 is 24.2 Å². The lowest BCUT2D eigenvalue weighted by Gasteiger charge is -2.08. The van der Waals surface area contributed by atoms with Gasteiger partial charge in [0.15, 0.2) is 6.61 Å². The molecule has 0 aliphatic carbocycles. The largest absolute Gasteiger partial charge is 0.497 e. The Morgan fingerprint density at radius 3 is 2.54 bits per heavy atom. The van der Waals surface area contributed by atoms with Gasteiger partial charge in [0.1, 0.15) is 5.75 Å². The van der Waals surface area contributed by atoms with Gasteiger partial charge in [-0.05, 0) is 42.0 Å². The molecular formula is C18H17F2NO4S. The van der Waals surface area contributed by atoms with Crippen LogP contribution in [0.2, 0.25) is 0 Å². The van der Waals surface area contributed by atoms with Gasteiger partial charge in [-0.15, -0.1) is 0 Å². The van der Waals surface area contributed by atoms with E-state index in [-0.39, 0.29) is 6.42 Å². The maximum Gasteiger partial charge on any atom is 0.310 e. The van der Waals surface area contributed by atoms with Crippen molar-refractivity contribution < 1.29 is 27.8 Å². The fourth-order valence-corrected chi connectivity index (χ4v) is 2.56. The minimum Gasteiger partial charge on any atom is -0.497 e. The first-order valence-corrected chi connectivity index (χ1v) is 8.47. The van der Waals surface area contributed by atoms with Crippen LogP contribution in [0, 0.1) is 0 Å². The summed E-state index contributed by atoms with van der Waals surface area (Å²) in [5, 5.41) is 2.53. The zero-order chi connectivity index (χ0) is 18.9. The number of anilines is 1. The van der Waals surface area contributed by atoms with E-state index in [1.165, 1.54) is 31.4 Å². The third-order valence-electron chi connectivity index (χ3n) is 3.21. The first-order valence-electron chi connectivity index (χ1n) is 7.59. The molecule has 0 fully saturated rings. The zero-order valence-corrected chi connectivity index (χ0v) is 14.7. The summed E-state index contributed by atoms with van der Waals surface area (Å²) in [5.74, 6) is -2.93. The van der Waals surface area contributed by atoms with Gasteiger partial charge in [-0.1, -0.05) is 23.9 Å². The Balaban J connectivity index is 1.77. The molecule has 0 aliphatic rings. The standard InChI is InChI=1S/C18H17F2NO4S/c1-24-14-4-2-3-12(9-14)10-17(23)25-11-16(22)21-13-5-7-15(8-6-13)26-18(19)20/h2-9,18H,10-11H2,1H3,(H,21,22). The Kier molecular flexibility index (Phi) is 7.40. The molecule has 0 saturated heterocycles. The van der Waals surface area contributed by atoms with E-state index in [9.17, 15) is 18.4 Å². The van der Waals surface area contributed by atoms with E-state index in [2.05, 4.69) is 5.32 Å². The lowest BCUT2D eigenvalue weighted by Crippen LogP contribution is -2.21. The average Bonchev–Trinajstić information content (AvgIpc) is 2.61. The number of hydrogen-bond acceptors (Lipinski definition) is 5. The number of benzene rings is 2. The summed E-state index contributed by atoms with van der Waals surface area (Å²) in [5.41, 5.74) is 1.14. The second-order valence-electron chi connectivity index (χ2n) is 5.14. The average molecular weight is 381 g/mol. The molecule has 1 N–H and O–H groups in total. The highest BCUT2D eigenvalue weighted by atomic mass is 32.2. The van der Waals surface area contributed by atoms with Crippen LogP contribution in [0.5, 0.6) is 5.75 Å². The van der Waals surface area contributed by atoms with Gasteiger partial charge < -0.3 is 14.8 Å². The van der Waals surface area contributed by atoms with Gasteiger partial charge in [0.2, 0.25) is 0 Å². The van der Waals surface area contributed by atoms with E-state index in [0.717, 1.165) is 0 Å². The molecule has 0 aliphatic heterocycles. The molecule has 8 heteroatoms. The number of halogens is 2. The number of ether oxygens (including phenoxy) is 2. The van der Waals surface area contributed by atoms with Crippen molar-refractivity contribution in [2.24, 2.45) is 0 Å². The van der Waals surface area contributed by atoms with Gasteiger partial charge >= 0.3 is 5.97 Å². The van der Waals surface area contributed by atoms with Gasteiger partial charge in [0.25, 0.3) is 11.7 Å². The molecule has 2 aromatic carbocycles. The van der Waals surface area contributed by atoms with E-state index in [4.69, 9.17) is 9.47 Å². The second-order valence-corrected chi connectivity index (χ2v) is 6.20. The van der Waals surface area contributed by atoms with Crippen LogP contribution in [0.25, 0.3) is 0 Å². The number of hydrogen-bond donors (Lipinski definition) is 1. The molecular weight excluding hydrogens is 364 g/mol. The third-order valence-corrected chi connectivity index (χ3v) is 3.93. The van der Waals surface area contributed by atoms with Crippen LogP contribution in [-0.2, 0) is 20.7 Å². The molecule has 0 spiro atoms. The molecule has 0 heterocycles. The molecule has 2 aromatic rings. The van der Waals surface area contributed by atoms with Crippen LogP contribution in [0.4, 0.5) is 14.5 Å². The number of esters is 1. The highest BCUT2D eigenvalue weighted by Gasteiger charge is 2.10. The summed E-state index contributed by atoms with van der Waals surface area (Å²) >= 11 is 0.419. The summed E-state index contributed by atoms with van der Waals surface area (Å²) in [6.07, 6.45) is 0.0179. The normalized spacial score (nSPS) is 10.5. The Hall–Kier alpha value is -2.61. The van der Waals surface area contributed by atoms with Crippen molar-refractivity contribution in [2.75, 3.05) is 19.0 Å². The van der Waals surface area contributed by atoms with Crippen molar-refractivity contribution in [3.8, 4) is 5.75 Å². The fourth-order valence-electron chi connectivity index (χ4n) is 2.06. The number of alkyl halides is 2. The van der Waals surface area contributed by atoms with E-state index in [1.807, 2.05) is 0 Å². The number of nitrogens with one attached hydrogen (secondary N) is 1.